The van der Waals surface area contributed by atoms with E-state index in [1.807, 2.05) is 20.8 Å². The van der Waals surface area contributed by atoms with Crippen LogP contribution in [0.15, 0.2) is 18.2 Å². The minimum atomic E-state index is -0.464. The molecule has 3 nitrogen and oxygen atoms in total. The van der Waals surface area contributed by atoms with E-state index >= 15 is 0 Å². The van der Waals surface area contributed by atoms with E-state index in [1.54, 1.807) is 4.90 Å². The maximum atomic E-state index is 12.4. The molecule has 0 saturated carbocycles. The summed E-state index contributed by atoms with van der Waals surface area (Å²) in [4.78, 5) is 14.2. The molecule has 1 amide bonds. The fourth-order valence-electron chi connectivity index (χ4n) is 2.59. The van der Waals surface area contributed by atoms with Gasteiger partial charge in [0.25, 0.3) is 0 Å². The van der Waals surface area contributed by atoms with Gasteiger partial charge in [0.15, 0.2) is 0 Å². The van der Waals surface area contributed by atoms with Crippen molar-refractivity contribution in [2.24, 2.45) is 0 Å². The molecule has 2 rings (SSSR count). The summed E-state index contributed by atoms with van der Waals surface area (Å²) in [6.45, 7) is 12.9. The quantitative estimate of drug-likeness (QED) is 0.701. The Kier molecular flexibility index (Phi) is 3.57. The van der Waals surface area contributed by atoms with Gasteiger partial charge in [0.05, 0.1) is 5.69 Å². The molecule has 0 unspecified atom stereocenters. The van der Waals surface area contributed by atoms with Crippen LogP contribution in [-0.4, -0.2) is 18.2 Å². The summed E-state index contributed by atoms with van der Waals surface area (Å²) in [6, 6.07) is 6.33. The summed E-state index contributed by atoms with van der Waals surface area (Å²) in [5, 5.41) is 0. The van der Waals surface area contributed by atoms with E-state index in [2.05, 4.69) is 39.0 Å². The van der Waals surface area contributed by atoms with Crippen molar-refractivity contribution < 1.29 is 9.53 Å². The van der Waals surface area contributed by atoms with Gasteiger partial charge in [-0.25, -0.2) is 4.79 Å². The molecule has 0 aromatic heterocycles. The largest absolute Gasteiger partial charge is 0.443 e. The lowest BCUT2D eigenvalue weighted by Gasteiger charge is -2.39. The molecule has 1 aromatic rings. The van der Waals surface area contributed by atoms with E-state index in [4.69, 9.17) is 4.74 Å². The van der Waals surface area contributed by atoms with Crippen LogP contribution in [0.2, 0.25) is 0 Å². The number of benzene rings is 1. The van der Waals surface area contributed by atoms with E-state index in [0.29, 0.717) is 6.54 Å². The lowest BCUT2D eigenvalue weighted by Crippen LogP contribution is -2.43. The number of carbonyl (C=O) groups excluding carboxylic acids is 1. The molecule has 1 aliphatic rings. The molecular formula is C17H25NO2. The first-order chi connectivity index (χ1) is 9.10. The first-order valence-electron chi connectivity index (χ1n) is 7.22. The fraction of sp³-hybridized carbons (Fsp3) is 0.588. The Labute approximate surface area is 121 Å². The smallest absolute Gasteiger partial charge is 0.414 e. The Hall–Kier alpha value is -1.51. The zero-order chi connectivity index (χ0) is 15.1. The summed E-state index contributed by atoms with van der Waals surface area (Å²) < 4.78 is 5.53. The van der Waals surface area contributed by atoms with Crippen LogP contribution in [-0.2, 0) is 10.2 Å². The fourth-order valence-corrected chi connectivity index (χ4v) is 2.59. The molecule has 110 valence electrons. The maximum Gasteiger partial charge on any atom is 0.414 e. The Morgan fingerprint density at radius 2 is 1.95 bits per heavy atom. The maximum absolute atomic E-state index is 12.4. The summed E-state index contributed by atoms with van der Waals surface area (Å²) in [5.41, 5.74) is 3.01. The van der Waals surface area contributed by atoms with Crippen molar-refractivity contribution in [2.45, 2.75) is 59.0 Å². The van der Waals surface area contributed by atoms with Crippen LogP contribution in [0.25, 0.3) is 0 Å². The van der Waals surface area contributed by atoms with Crippen LogP contribution in [0.4, 0.5) is 10.5 Å². The van der Waals surface area contributed by atoms with Gasteiger partial charge in [-0.2, -0.15) is 0 Å². The first kappa shape index (κ1) is 14.9. The van der Waals surface area contributed by atoms with Crippen molar-refractivity contribution >= 4 is 11.8 Å². The average molecular weight is 275 g/mol. The molecule has 1 heterocycles. The first-order valence-corrected chi connectivity index (χ1v) is 7.22. The third-order valence-electron chi connectivity index (χ3n) is 3.75. The monoisotopic (exact) mass is 275 g/mol. The molecule has 3 heteroatoms. The second-order valence-electron chi connectivity index (χ2n) is 7.29. The molecular weight excluding hydrogens is 250 g/mol. The third kappa shape index (κ3) is 2.97. The molecule has 0 saturated heterocycles. The molecule has 0 radical (unpaired) electrons. The van der Waals surface area contributed by atoms with Crippen LogP contribution < -0.4 is 4.90 Å². The highest BCUT2D eigenvalue weighted by Crippen LogP contribution is 2.40. The number of ether oxygens (including phenoxy) is 1. The van der Waals surface area contributed by atoms with Gasteiger partial charge in [-0.3, -0.25) is 4.90 Å². The molecule has 0 N–H and O–H groups in total. The number of fused-ring (bicyclic) bond motifs is 1. The van der Waals surface area contributed by atoms with Crippen molar-refractivity contribution in [1.82, 2.24) is 0 Å². The number of anilines is 1. The molecule has 0 aliphatic carbocycles. The molecule has 0 fully saturated rings. The van der Waals surface area contributed by atoms with Gasteiger partial charge in [0.1, 0.15) is 5.60 Å². The Balaban J connectivity index is 2.39. The molecule has 0 bridgehead atoms. The summed E-state index contributed by atoms with van der Waals surface area (Å²) in [6.07, 6.45) is 0.697. The highest BCUT2D eigenvalue weighted by atomic mass is 16.6. The van der Waals surface area contributed by atoms with E-state index in [0.717, 1.165) is 17.7 Å². The second-order valence-corrected chi connectivity index (χ2v) is 7.29. The molecule has 0 atom stereocenters. The highest BCUT2D eigenvalue weighted by molar-refractivity contribution is 5.90. The number of nitrogens with zero attached hydrogens (tertiary/aromatic N) is 1. The van der Waals surface area contributed by atoms with Gasteiger partial charge in [0, 0.05) is 6.54 Å². The van der Waals surface area contributed by atoms with Gasteiger partial charge in [-0.05, 0) is 56.7 Å². The van der Waals surface area contributed by atoms with Gasteiger partial charge < -0.3 is 4.74 Å². The van der Waals surface area contributed by atoms with Crippen LogP contribution >= 0.6 is 0 Å². The van der Waals surface area contributed by atoms with Crippen LogP contribution in [0.5, 0.6) is 0 Å². The van der Waals surface area contributed by atoms with E-state index in [-0.39, 0.29) is 11.5 Å². The number of hydrogen-bond acceptors (Lipinski definition) is 2. The van der Waals surface area contributed by atoms with Crippen molar-refractivity contribution in [3.05, 3.63) is 29.3 Å². The number of rotatable bonds is 0. The average Bonchev–Trinajstić information content (AvgIpc) is 2.25. The lowest BCUT2D eigenvalue weighted by atomic mass is 9.77. The standard InChI is InChI=1S/C17H25NO2/c1-12-7-8-13-14(11-12)18(10-9-17(13,5)6)15(19)20-16(2,3)4/h7-8,11H,9-10H2,1-6H3. The minimum absolute atomic E-state index is 0.0988. The van der Waals surface area contributed by atoms with Crippen molar-refractivity contribution in [1.29, 1.82) is 0 Å². The Morgan fingerprint density at radius 1 is 1.30 bits per heavy atom. The second kappa shape index (κ2) is 4.80. The molecule has 20 heavy (non-hydrogen) atoms. The minimum Gasteiger partial charge on any atom is -0.443 e. The number of carbonyl (C=O) groups is 1. The number of hydrogen-bond donors (Lipinski definition) is 0. The van der Waals surface area contributed by atoms with Gasteiger partial charge >= 0.3 is 6.09 Å². The molecule has 1 aromatic carbocycles. The van der Waals surface area contributed by atoms with E-state index in [9.17, 15) is 4.79 Å². The normalized spacial score (nSPS) is 17.6. The number of aryl methyl sites for hydroxylation is 1. The van der Waals surface area contributed by atoms with Crippen LogP contribution in [0, 0.1) is 6.92 Å². The van der Waals surface area contributed by atoms with Crippen LogP contribution in [0.3, 0.4) is 0 Å². The van der Waals surface area contributed by atoms with Gasteiger partial charge in [0.2, 0.25) is 0 Å². The van der Waals surface area contributed by atoms with Gasteiger partial charge in [-0.15, -0.1) is 0 Å². The third-order valence-corrected chi connectivity index (χ3v) is 3.75. The molecule has 0 spiro atoms. The van der Waals surface area contributed by atoms with Crippen molar-refractivity contribution in [2.75, 3.05) is 11.4 Å². The van der Waals surface area contributed by atoms with Crippen molar-refractivity contribution in [3.8, 4) is 0 Å². The lowest BCUT2D eigenvalue weighted by molar-refractivity contribution is 0.0574. The predicted octanol–water partition coefficient (Wildman–Crippen LogP) is 4.42. The van der Waals surface area contributed by atoms with Crippen LogP contribution in [0.1, 0.15) is 52.2 Å². The zero-order valence-corrected chi connectivity index (χ0v) is 13.4. The van der Waals surface area contributed by atoms with E-state index < -0.39 is 5.60 Å². The summed E-state index contributed by atoms with van der Waals surface area (Å²) in [5.74, 6) is 0. The number of amides is 1. The topological polar surface area (TPSA) is 29.5 Å². The summed E-state index contributed by atoms with van der Waals surface area (Å²) >= 11 is 0. The zero-order valence-electron chi connectivity index (χ0n) is 13.4. The molecule has 1 aliphatic heterocycles. The van der Waals surface area contributed by atoms with Gasteiger partial charge in [-0.1, -0.05) is 26.0 Å². The summed E-state index contributed by atoms with van der Waals surface area (Å²) in [7, 11) is 0. The van der Waals surface area contributed by atoms with Crippen molar-refractivity contribution in [3.63, 3.8) is 0 Å². The highest BCUT2D eigenvalue weighted by Gasteiger charge is 2.35. The Morgan fingerprint density at radius 3 is 2.55 bits per heavy atom. The predicted molar refractivity (Wildman–Crippen MR) is 82.4 cm³/mol. The Bertz CT molecular complexity index is 526. The SMILES string of the molecule is Cc1ccc2c(c1)N(C(=O)OC(C)(C)C)CCC2(C)C. The van der Waals surface area contributed by atoms with E-state index in [1.165, 1.54) is 5.56 Å².